The van der Waals surface area contributed by atoms with E-state index < -0.39 is 0 Å². The molecule has 0 fully saturated rings. The van der Waals surface area contributed by atoms with Gasteiger partial charge in [0.05, 0.1) is 12.0 Å². The molecule has 0 bridgehead atoms. The Balaban J connectivity index is 2.12. The van der Waals surface area contributed by atoms with Crippen molar-refractivity contribution in [1.29, 1.82) is 0 Å². The summed E-state index contributed by atoms with van der Waals surface area (Å²) in [6.07, 6.45) is 5.34. The van der Waals surface area contributed by atoms with Crippen LogP contribution in [0.25, 0.3) is 5.00 Å². The fraction of sp³-hybridized carbons (Fsp3) is 0.333. The van der Waals surface area contributed by atoms with Gasteiger partial charge in [0.15, 0.2) is 0 Å². The quantitative estimate of drug-likeness (QED) is 0.853. The summed E-state index contributed by atoms with van der Waals surface area (Å²) >= 11 is 1.47. The zero-order valence-electron chi connectivity index (χ0n) is 10.5. The Morgan fingerprint density at radius 2 is 2.22 bits per heavy atom. The minimum atomic E-state index is -0.364. The summed E-state index contributed by atoms with van der Waals surface area (Å²) in [4.78, 5) is 18.9. The molecule has 0 aliphatic carbocycles. The molecule has 5 nitrogen and oxygen atoms in total. The van der Waals surface area contributed by atoms with E-state index in [1.54, 1.807) is 12.5 Å². The lowest BCUT2D eigenvalue weighted by molar-refractivity contribution is 0.0906. The summed E-state index contributed by atoms with van der Waals surface area (Å²) < 4.78 is 1.91. The molecule has 3 heterocycles. The molecule has 0 aromatic carbocycles. The van der Waals surface area contributed by atoms with Gasteiger partial charge in [-0.15, -0.1) is 11.3 Å². The largest absolute Gasteiger partial charge is 0.351 e. The van der Waals surface area contributed by atoms with E-state index in [0.29, 0.717) is 0 Å². The van der Waals surface area contributed by atoms with Crippen LogP contribution in [0, 0.1) is 0 Å². The van der Waals surface area contributed by atoms with Gasteiger partial charge in [-0.25, -0.2) is 4.98 Å². The maximum Gasteiger partial charge on any atom is 0.265 e. The topological polar surface area (TPSA) is 50.2 Å². The number of imidazole rings is 1. The van der Waals surface area contributed by atoms with E-state index in [9.17, 15) is 4.79 Å². The van der Waals surface area contributed by atoms with E-state index in [0.717, 1.165) is 15.6 Å². The van der Waals surface area contributed by atoms with Crippen molar-refractivity contribution in [3.63, 3.8) is 0 Å². The smallest absolute Gasteiger partial charge is 0.265 e. The molecular formula is C12H14N4OS. The van der Waals surface area contributed by atoms with E-state index in [2.05, 4.69) is 15.2 Å². The van der Waals surface area contributed by atoms with Crippen molar-refractivity contribution in [2.75, 3.05) is 11.9 Å². The van der Waals surface area contributed by atoms with Gasteiger partial charge in [-0.3, -0.25) is 9.36 Å². The Morgan fingerprint density at radius 1 is 1.44 bits per heavy atom. The SMILES string of the molecule is CN1c2cc(-n3ccnc3)sc2C(=O)NC1(C)C. The first-order valence-electron chi connectivity index (χ1n) is 5.67. The number of hydrogen-bond donors (Lipinski definition) is 1. The van der Waals surface area contributed by atoms with E-state index in [4.69, 9.17) is 0 Å². The van der Waals surface area contributed by atoms with Crippen molar-refractivity contribution >= 4 is 22.9 Å². The predicted molar refractivity (Wildman–Crippen MR) is 71.4 cm³/mol. The second-order valence-corrected chi connectivity index (χ2v) is 5.87. The van der Waals surface area contributed by atoms with Crippen LogP contribution in [0.3, 0.4) is 0 Å². The average Bonchev–Trinajstić information content (AvgIpc) is 2.94. The van der Waals surface area contributed by atoms with Crippen molar-refractivity contribution < 1.29 is 4.79 Å². The maximum absolute atomic E-state index is 12.1. The number of amides is 1. The molecule has 0 radical (unpaired) electrons. The Kier molecular flexibility index (Phi) is 2.25. The number of aromatic nitrogens is 2. The second kappa shape index (κ2) is 3.58. The number of nitrogens with zero attached hydrogens (tertiary/aromatic N) is 3. The lowest BCUT2D eigenvalue weighted by Crippen LogP contribution is -2.58. The van der Waals surface area contributed by atoms with Crippen molar-refractivity contribution in [3.05, 3.63) is 29.7 Å². The molecular weight excluding hydrogens is 248 g/mol. The van der Waals surface area contributed by atoms with Crippen LogP contribution in [0.1, 0.15) is 23.5 Å². The van der Waals surface area contributed by atoms with Crippen molar-refractivity contribution in [1.82, 2.24) is 14.9 Å². The molecule has 2 aromatic rings. The Hall–Kier alpha value is -1.82. The Labute approximate surface area is 109 Å². The number of hydrogen-bond acceptors (Lipinski definition) is 4. The van der Waals surface area contributed by atoms with E-state index in [-0.39, 0.29) is 11.6 Å². The summed E-state index contributed by atoms with van der Waals surface area (Å²) in [6, 6.07) is 2.03. The molecule has 1 N–H and O–H groups in total. The van der Waals surface area contributed by atoms with Crippen LogP contribution in [-0.2, 0) is 0 Å². The van der Waals surface area contributed by atoms with E-state index in [1.165, 1.54) is 11.3 Å². The number of fused-ring (bicyclic) bond motifs is 1. The summed E-state index contributed by atoms with van der Waals surface area (Å²) in [7, 11) is 1.99. The maximum atomic E-state index is 12.1. The molecule has 3 rings (SSSR count). The number of carbonyl (C=O) groups excluding carboxylic acids is 1. The first-order chi connectivity index (χ1) is 8.49. The van der Waals surface area contributed by atoms with Gasteiger partial charge in [-0.2, -0.15) is 0 Å². The van der Waals surface area contributed by atoms with Crippen molar-refractivity contribution in [2.24, 2.45) is 0 Å². The summed E-state index contributed by atoms with van der Waals surface area (Å²) in [5, 5.41) is 3.99. The molecule has 1 aliphatic rings. The predicted octanol–water partition coefficient (Wildman–Crippen LogP) is 1.85. The monoisotopic (exact) mass is 262 g/mol. The highest BCUT2D eigenvalue weighted by Crippen LogP contribution is 2.37. The van der Waals surface area contributed by atoms with E-state index in [1.807, 2.05) is 37.7 Å². The molecule has 0 unspecified atom stereocenters. The molecule has 1 amide bonds. The summed E-state index contributed by atoms with van der Waals surface area (Å²) in [5.74, 6) is -0.00975. The number of anilines is 1. The third-order valence-corrected chi connectivity index (χ3v) is 4.42. The minimum Gasteiger partial charge on any atom is -0.351 e. The molecule has 0 saturated heterocycles. The number of carbonyl (C=O) groups is 1. The second-order valence-electron chi connectivity index (χ2n) is 4.84. The number of thiophene rings is 1. The first kappa shape index (κ1) is 11.3. The molecule has 0 spiro atoms. The van der Waals surface area contributed by atoms with Gasteiger partial charge >= 0.3 is 0 Å². The fourth-order valence-electron chi connectivity index (χ4n) is 2.02. The molecule has 18 heavy (non-hydrogen) atoms. The molecule has 2 aromatic heterocycles. The van der Waals surface area contributed by atoms with Gasteiger partial charge in [0.2, 0.25) is 0 Å². The van der Waals surface area contributed by atoms with Gasteiger partial charge in [0.1, 0.15) is 15.5 Å². The van der Waals surface area contributed by atoms with Gasteiger partial charge < -0.3 is 10.2 Å². The normalized spacial score (nSPS) is 17.5. The first-order valence-corrected chi connectivity index (χ1v) is 6.49. The van der Waals surface area contributed by atoms with Crippen LogP contribution >= 0.6 is 11.3 Å². The highest BCUT2D eigenvalue weighted by molar-refractivity contribution is 7.17. The Bertz CT molecular complexity index is 600. The lowest BCUT2D eigenvalue weighted by atomic mass is 10.1. The fourth-order valence-corrected chi connectivity index (χ4v) is 3.05. The zero-order valence-corrected chi connectivity index (χ0v) is 11.3. The van der Waals surface area contributed by atoms with E-state index >= 15 is 0 Å². The van der Waals surface area contributed by atoms with Crippen LogP contribution in [0.5, 0.6) is 0 Å². The van der Waals surface area contributed by atoms with Gasteiger partial charge in [0.25, 0.3) is 5.91 Å². The zero-order chi connectivity index (χ0) is 12.9. The van der Waals surface area contributed by atoms with Crippen molar-refractivity contribution in [3.8, 4) is 5.00 Å². The van der Waals surface area contributed by atoms with Gasteiger partial charge in [-0.1, -0.05) is 0 Å². The number of nitrogens with one attached hydrogen (secondary N) is 1. The standard InChI is InChI=1S/C12H14N4OS/c1-12(2)14-11(17)10-8(15(12)3)6-9(18-10)16-5-4-13-7-16/h4-7H,1-3H3,(H,14,17). The third-order valence-electron chi connectivity index (χ3n) is 3.28. The summed E-state index contributed by atoms with van der Waals surface area (Å²) in [6.45, 7) is 3.98. The van der Waals surface area contributed by atoms with Gasteiger partial charge in [-0.05, 0) is 19.9 Å². The highest BCUT2D eigenvalue weighted by atomic mass is 32.1. The van der Waals surface area contributed by atoms with Crippen LogP contribution in [-0.4, -0.2) is 28.2 Å². The molecule has 0 saturated carbocycles. The van der Waals surface area contributed by atoms with Crippen LogP contribution in [0.2, 0.25) is 0 Å². The minimum absolute atomic E-state index is 0.00975. The van der Waals surface area contributed by atoms with Crippen LogP contribution in [0.4, 0.5) is 5.69 Å². The lowest BCUT2D eigenvalue weighted by Gasteiger charge is -2.41. The molecule has 0 atom stereocenters. The Morgan fingerprint density at radius 3 is 2.89 bits per heavy atom. The summed E-state index contributed by atoms with van der Waals surface area (Å²) in [5.41, 5.74) is 0.606. The molecule has 94 valence electrons. The average molecular weight is 262 g/mol. The molecule has 1 aliphatic heterocycles. The number of rotatable bonds is 1. The van der Waals surface area contributed by atoms with Crippen LogP contribution < -0.4 is 10.2 Å². The van der Waals surface area contributed by atoms with Crippen molar-refractivity contribution in [2.45, 2.75) is 19.5 Å². The highest BCUT2D eigenvalue weighted by Gasteiger charge is 2.36. The van der Waals surface area contributed by atoms with Gasteiger partial charge in [0, 0.05) is 19.4 Å². The molecule has 6 heteroatoms. The third kappa shape index (κ3) is 1.53. The van der Waals surface area contributed by atoms with Crippen LogP contribution in [0.15, 0.2) is 24.8 Å².